The number of aryl methyl sites for hydroxylation is 1. The maximum atomic E-state index is 12.4. The topological polar surface area (TPSA) is 61.8 Å². The molecule has 0 aromatic heterocycles. The number of carbonyl (C=O) groups excluding carboxylic acids is 2. The van der Waals surface area contributed by atoms with Gasteiger partial charge in [-0.2, -0.15) is 8.78 Å². The van der Waals surface area contributed by atoms with Crippen molar-refractivity contribution in [3.63, 3.8) is 0 Å². The first-order chi connectivity index (χ1) is 9.47. The third-order valence-corrected chi connectivity index (χ3v) is 2.53. The number of alkyl halides is 2. The highest BCUT2D eigenvalue weighted by Crippen LogP contribution is 2.24. The van der Waals surface area contributed by atoms with E-state index in [0.717, 1.165) is 6.07 Å². The Bertz CT molecular complexity index is 488. The molecule has 0 amide bonds. The van der Waals surface area contributed by atoms with Gasteiger partial charge < -0.3 is 14.2 Å². The summed E-state index contributed by atoms with van der Waals surface area (Å²) in [4.78, 5) is 22.4. The van der Waals surface area contributed by atoms with Crippen LogP contribution in [0.2, 0.25) is 0 Å². The first-order valence-electron chi connectivity index (χ1n) is 5.70. The first-order valence-corrected chi connectivity index (χ1v) is 5.70. The van der Waals surface area contributed by atoms with Crippen LogP contribution >= 0.6 is 0 Å². The average molecular weight is 288 g/mol. The van der Waals surface area contributed by atoms with Crippen molar-refractivity contribution in [2.24, 2.45) is 0 Å². The second-order valence-corrected chi connectivity index (χ2v) is 3.77. The molecule has 0 aliphatic heterocycles. The molecular weight excluding hydrogens is 274 g/mol. The smallest absolute Gasteiger partial charge is 0.387 e. The standard InChI is InChI=1S/C13H14F2O5/c1-18-11(16)6-5-8-3-4-9(12(17)19-2)7-10(8)20-13(14)15/h3-4,7,13H,5-6H2,1-2H3. The third kappa shape index (κ3) is 4.49. The highest BCUT2D eigenvalue weighted by molar-refractivity contribution is 5.90. The summed E-state index contributed by atoms with van der Waals surface area (Å²) in [5.74, 6) is -1.29. The van der Waals surface area contributed by atoms with Crippen molar-refractivity contribution in [2.75, 3.05) is 14.2 Å². The van der Waals surface area contributed by atoms with E-state index in [1.165, 1.54) is 26.4 Å². The molecule has 0 heterocycles. The Morgan fingerprint density at radius 2 is 1.90 bits per heavy atom. The molecule has 0 unspecified atom stereocenters. The lowest BCUT2D eigenvalue weighted by Gasteiger charge is -2.11. The molecule has 7 heteroatoms. The molecular formula is C13H14F2O5. The Balaban J connectivity index is 2.97. The fraction of sp³-hybridized carbons (Fsp3) is 0.385. The predicted octanol–water partition coefficient (Wildman–Crippen LogP) is 2.18. The Morgan fingerprint density at radius 1 is 1.20 bits per heavy atom. The molecule has 0 atom stereocenters. The molecule has 20 heavy (non-hydrogen) atoms. The summed E-state index contributed by atoms with van der Waals surface area (Å²) < 4.78 is 38.0. The van der Waals surface area contributed by atoms with Gasteiger partial charge in [0.1, 0.15) is 5.75 Å². The maximum absolute atomic E-state index is 12.4. The zero-order chi connectivity index (χ0) is 15.1. The minimum atomic E-state index is -3.03. The zero-order valence-corrected chi connectivity index (χ0v) is 11.0. The Morgan fingerprint density at radius 3 is 2.45 bits per heavy atom. The number of hydrogen-bond donors (Lipinski definition) is 0. The highest BCUT2D eigenvalue weighted by atomic mass is 19.3. The van der Waals surface area contributed by atoms with E-state index in [1.54, 1.807) is 0 Å². The number of methoxy groups -OCH3 is 2. The Kier molecular flexibility index (Phi) is 5.89. The van der Waals surface area contributed by atoms with E-state index < -0.39 is 18.6 Å². The van der Waals surface area contributed by atoms with Gasteiger partial charge >= 0.3 is 18.6 Å². The summed E-state index contributed by atoms with van der Waals surface area (Å²) in [6.45, 7) is -3.03. The van der Waals surface area contributed by atoms with Gasteiger partial charge in [0.2, 0.25) is 0 Å². The van der Waals surface area contributed by atoms with Crippen LogP contribution in [0.5, 0.6) is 5.75 Å². The molecule has 110 valence electrons. The van der Waals surface area contributed by atoms with Gasteiger partial charge in [0.05, 0.1) is 19.8 Å². The minimum absolute atomic E-state index is 0.0215. The lowest BCUT2D eigenvalue weighted by Crippen LogP contribution is -2.09. The average Bonchev–Trinajstić information content (AvgIpc) is 2.43. The fourth-order valence-electron chi connectivity index (χ4n) is 1.55. The van der Waals surface area contributed by atoms with Crippen LogP contribution < -0.4 is 4.74 Å². The molecule has 1 aromatic carbocycles. The van der Waals surface area contributed by atoms with Gasteiger partial charge in [0, 0.05) is 6.42 Å². The molecule has 0 aliphatic rings. The second-order valence-electron chi connectivity index (χ2n) is 3.77. The summed E-state index contributed by atoms with van der Waals surface area (Å²) in [7, 11) is 2.42. The summed E-state index contributed by atoms with van der Waals surface area (Å²) in [5, 5.41) is 0. The van der Waals surface area contributed by atoms with Crippen LogP contribution in [0, 0.1) is 0 Å². The number of carbonyl (C=O) groups is 2. The molecule has 0 fully saturated rings. The van der Waals surface area contributed by atoms with Crippen LogP contribution in [0.3, 0.4) is 0 Å². The van der Waals surface area contributed by atoms with Gasteiger partial charge in [-0.15, -0.1) is 0 Å². The van der Waals surface area contributed by atoms with Crippen LogP contribution in [-0.4, -0.2) is 32.8 Å². The zero-order valence-electron chi connectivity index (χ0n) is 11.0. The molecule has 0 aliphatic carbocycles. The van der Waals surface area contributed by atoms with Crippen LogP contribution in [0.4, 0.5) is 8.78 Å². The van der Waals surface area contributed by atoms with Crippen molar-refractivity contribution < 1.29 is 32.6 Å². The van der Waals surface area contributed by atoms with Gasteiger partial charge in [0.15, 0.2) is 0 Å². The van der Waals surface area contributed by atoms with Crippen molar-refractivity contribution in [1.29, 1.82) is 0 Å². The van der Waals surface area contributed by atoms with Gasteiger partial charge in [0.25, 0.3) is 0 Å². The molecule has 5 nitrogen and oxygen atoms in total. The van der Waals surface area contributed by atoms with Crippen molar-refractivity contribution in [3.05, 3.63) is 29.3 Å². The van der Waals surface area contributed by atoms with Crippen LogP contribution in [0.15, 0.2) is 18.2 Å². The number of halogens is 2. The summed E-state index contributed by atoms with van der Waals surface area (Å²) in [6, 6.07) is 4.01. The fourth-order valence-corrected chi connectivity index (χ4v) is 1.55. The lowest BCUT2D eigenvalue weighted by molar-refractivity contribution is -0.140. The van der Waals surface area contributed by atoms with E-state index in [2.05, 4.69) is 14.2 Å². The van der Waals surface area contributed by atoms with E-state index in [1.807, 2.05) is 0 Å². The monoisotopic (exact) mass is 288 g/mol. The highest BCUT2D eigenvalue weighted by Gasteiger charge is 2.15. The second kappa shape index (κ2) is 7.42. The van der Waals surface area contributed by atoms with E-state index in [4.69, 9.17) is 0 Å². The van der Waals surface area contributed by atoms with E-state index in [-0.39, 0.29) is 24.2 Å². The molecule has 0 saturated heterocycles. The summed E-state index contributed by atoms with van der Waals surface area (Å²) in [5.41, 5.74) is 0.466. The SMILES string of the molecule is COC(=O)CCc1ccc(C(=O)OC)cc1OC(F)F. The third-order valence-electron chi connectivity index (χ3n) is 2.53. The van der Waals surface area contributed by atoms with Crippen LogP contribution in [0.25, 0.3) is 0 Å². The number of rotatable bonds is 6. The van der Waals surface area contributed by atoms with Crippen molar-refractivity contribution in [2.45, 2.75) is 19.5 Å². The first kappa shape index (κ1) is 15.9. The Labute approximate surface area is 114 Å². The molecule has 0 spiro atoms. The van der Waals surface area contributed by atoms with Gasteiger partial charge in [-0.3, -0.25) is 4.79 Å². The molecule has 0 bridgehead atoms. The van der Waals surface area contributed by atoms with Gasteiger partial charge in [-0.05, 0) is 24.1 Å². The predicted molar refractivity (Wildman–Crippen MR) is 64.8 cm³/mol. The molecule has 0 radical (unpaired) electrons. The van der Waals surface area contributed by atoms with Crippen molar-refractivity contribution in [3.8, 4) is 5.75 Å². The summed E-state index contributed by atoms with van der Waals surface area (Å²) >= 11 is 0. The Hall–Kier alpha value is -2.18. The number of ether oxygens (including phenoxy) is 3. The van der Waals surface area contributed by atoms with E-state index in [9.17, 15) is 18.4 Å². The number of hydrogen-bond acceptors (Lipinski definition) is 5. The molecule has 0 N–H and O–H groups in total. The largest absolute Gasteiger partial charge is 0.469 e. The van der Waals surface area contributed by atoms with Gasteiger partial charge in [-0.1, -0.05) is 6.07 Å². The maximum Gasteiger partial charge on any atom is 0.387 e. The quantitative estimate of drug-likeness (QED) is 0.751. The molecule has 1 rings (SSSR count). The number of esters is 2. The van der Waals surface area contributed by atoms with E-state index >= 15 is 0 Å². The van der Waals surface area contributed by atoms with Crippen molar-refractivity contribution in [1.82, 2.24) is 0 Å². The van der Waals surface area contributed by atoms with Crippen LogP contribution in [-0.2, 0) is 20.7 Å². The molecule has 1 aromatic rings. The lowest BCUT2D eigenvalue weighted by atomic mass is 10.1. The summed E-state index contributed by atoms with van der Waals surface area (Å²) in [6.07, 6.45) is 0.184. The van der Waals surface area contributed by atoms with Gasteiger partial charge in [-0.25, -0.2) is 4.79 Å². The van der Waals surface area contributed by atoms with E-state index in [0.29, 0.717) is 5.56 Å². The van der Waals surface area contributed by atoms with Crippen molar-refractivity contribution >= 4 is 11.9 Å². The number of benzene rings is 1. The normalized spacial score (nSPS) is 10.2. The molecule has 0 saturated carbocycles. The minimum Gasteiger partial charge on any atom is -0.469 e. The van der Waals surface area contributed by atoms with Crippen LogP contribution in [0.1, 0.15) is 22.3 Å².